The van der Waals surface area contributed by atoms with Crippen molar-refractivity contribution in [3.05, 3.63) is 105 Å². The molecule has 154 valence electrons. The minimum Gasteiger partial charge on any atom is -0.388 e. The third-order valence-electron chi connectivity index (χ3n) is 4.23. The quantitative estimate of drug-likeness (QED) is 0.232. The van der Waals surface area contributed by atoms with Crippen LogP contribution in [-0.4, -0.2) is 20.2 Å². The van der Waals surface area contributed by atoms with Crippen LogP contribution in [0.15, 0.2) is 77.9 Å². The number of rotatable bonds is 6. The largest absolute Gasteiger partial charge is 0.388 e. The van der Waals surface area contributed by atoms with E-state index < -0.39 is 0 Å². The molecule has 0 fully saturated rings. The van der Waals surface area contributed by atoms with Gasteiger partial charge in [0.05, 0.1) is 23.5 Å². The molecule has 0 atom stereocenters. The summed E-state index contributed by atoms with van der Waals surface area (Å²) in [6.07, 6.45) is 6.94. The van der Waals surface area contributed by atoms with Gasteiger partial charge in [-0.25, -0.2) is 14.4 Å². The van der Waals surface area contributed by atoms with E-state index in [1.165, 1.54) is 17.4 Å². The monoisotopic (exact) mass is 450 g/mol. The highest BCUT2D eigenvalue weighted by Gasteiger charge is 2.11. The summed E-state index contributed by atoms with van der Waals surface area (Å²) in [5.74, 6) is 5.43. The Bertz CT molecular complexity index is 1240. The first-order chi connectivity index (χ1) is 15.2. The minimum atomic E-state index is -0.357. The molecule has 8 heteroatoms. The van der Waals surface area contributed by atoms with Crippen LogP contribution in [0.5, 0.6) is 0 Å². The molecule has 2 aromatic carbocycles. The third-order valence-corrected chi connectivity index (χ3v) is 5.30. The summed E-state index contributed by atoms with van der Waals surface area (Å²) in [6.45, 7) is 0.701. The van der Waals surface area contributed by atoms with Gasteiger partial charge in [0.25, 0.3) is 0 Å². The molecule has 0 radical (unpaired) electrons. The SMILES string of the molecule is Fc1ccccc1C#Cc1ccc(C(Cn2ccnc2)=NOCc2nccs2)c(Cl)c1. The van der Waals surface area contributed by atoms with Crippen molar-refractivity contribution < 1.29 is 9.23 Å². The fraction of sp³-hybridized carbons (Fsp3) is 0.0870. The van der Waals surface area contributed by atoms with Crippen molar-refractivity contribution >= 4 is 28.6 Å². The number of imidazole rings is 1. The predicted octanol–water partition coefficient (Wildman–Crippen LogP) is 5.15. The topological polar surface area (TPSA) is 52.3 Å². The molecule has 4 rings (SSSR count). The molecule has 0 unspecified atom stereocenters. The first-order valence-electron chi connectivity index (χ1n) is 9.28. The Balaban J connectivity index is 1.58. The summed E-state index contributed by atoms with van der Waals surface area (Å²) >= 11 is 8.04. The molecule has 0 spiro atoms. The van der Waals surface area contributed by atoms with Crippen LogP contribution in [-0.2, 0) is 18.0 Å². The molecule has 0 aliphatic rings. The Morgan fingerprint density at radius 1 is 1.19 bits per heavy atom. The van der Waals surface area contributed by atoms with Gasteiger partial charge in [0.15, 0.2) is 6.61 Å². The average Bonchev–Trinajstić information content (AvgIpc) is 3.47. The number of halogens is 2. The molecule has 0 amide bonds. The van der Waals surface area contributed by atoms with E-state index in [-0.39, 0.29) is 12.4 Å². The summed E-state index contributed by atoms with van der Waals surface area (Å²) in [4.78, 5) is 13.8. The molecule has 2 aromatic heterocycles. The summed E-state index contributed by atoms with van der Waals surface area (Å²) < 4.78 is 15.6. The highest BCUT2D eigenvalue weighted by Crippen LogP contribution is 2.20. The van der Waals surface area contributed by atoms with E-state index in [9.17, 15) is 4.39 Å². The van der Waals surface area contributed by atoms with Crippen molar-refractivity contribution in [3.8, 4) is 11.8 Å². The van der Waals surface area contributed by atoms with Gasteiger partial charge in [-0.05, 0) is 24.3 Å². The fourth-order valence-corrected chi connectivity index (χ4v) is 3.55. The smallest absolute Gasteiger partial charge is 0.168 e. The highest BCUT2D eigenvalue weighted by molar-refractivity contribution is 7.09. The number of thiazole rings is 1. The van der Waals surface area contributed by atoms with E-state index in [4.69, 9.17) is 16.4 Å². The standard InChI is InChI=1S/C23H16ClFN4OS/c24-20-13-17(5-7-18-3-1-2-4-21(18)25)6-8-19(20)22(14-29-11-9-26-16-29)28-30-15-23-27-10-12-31-23/h1-4,6,8-13,16H,14-15H2. The van der Waals surface area contributed by atoms with Crippen LogP contribution in [0, 0.1) is 17.7 Å². The van der Waals surface area contributed by atoms with E-state index in [0.29, 0.717) is 34.0 Å². The van der Waals surface area contributed by atoms with Crippen molar-refractivity contribution in [2.45, 2.75) is 13.2 Å². The molecule has 0 N–H and O–H groups in total. The number of oxime groups is 1. The Hall–Kier alpha value is -3.47. The summed E-state index contributed by atoms with van der Waals surface area (Å²) in [5.41, 5.74) is 2.35. The Morgan fingerprint density at radius 2 is 2.10 bits per heavy atom. The van der Waals surface area contributed by atoms with Crippen LogP contribution in [0.3, 0.4) is 0 Å². The summed E-state index contributed by atoms with van der Waals surface area (Å²) in [6, 6.07) is 11.8. The first kappa shape index (κ1) is 20.8. The van der Waals surface area contributed by atoms with Gasteiger partial charge in [-0.1, -0.05) is 46.8 Å². The number of benzene rings is 2. The zero-order valence-electron chi connectivity index (χ0n) is 16.2. The van der Waals surface area contributed by atoms with Gasteiger partial charge in [-0.15, -0.1) is 11.3 Å². The van der Waals surface area contributed by atoms with E-state index in [1.807, 2.05) is 28.3 Å². The van der Waals surface area contributed by atoms with Gasteiger partial charge >= 0.3 is 0 Å². The van der Waals surface area contributed by atoms with Crippen LogP contribution >= 0.6 is 22.9 Å². The van der Waals surface area contributed by atoms with Crippen LogP contribution in [0.1, 0.15) is 21.7 Å². The molecule has 0 aliphatic heterocycles. The van der Waals surface area contributed by atoms with Crippen LogP contribution in [0.25, 0.3) is 0 Å². The van der Waals surface area contributed by atoms with Gasteiger partial charge in [-0.2, -0.15) is 0 Å². The molecule has 0 saturated carbocycles. The average molecular weight is 451 g/mol. The number of nitrogens with zero attached hydrogens (tertiary/aromatic N) is 4. The highest BCUT2D eigenvalue weighted by atomic mass is 35.5. The van der Waals surface area contributed by atoms with Gasteiger partial charge in [0.1, 0.15) is 16.5 Å². The Kier molecular flexibility index (Phi) is 6.72. The molecule has 5 nitrogen and oxygen atoms in total. The van der Waals surface area contributed by atoms with Crippen molar-refractivity contribution in [2.24, 2.45) is 5.16 Å². The molecule has 31 heavy (non-hydrogen) atoms. The maximum atomic E-state index is 13.8. The lowest BCUT2D eigenvalue weighted by Crippen LogP contribution is -2.12. The number of hydrogen-bond acceptors (Lipinski definition) is 5. The lowest BCUT2D eigenvalue weighted by molar-refractivity contribution is 0.129. The van der Waals surface area contributed by atoms with E-state index >= 15 is 0 Å². The summed E-state index contributed by atoms with van der Waals surface area (Å²) in [7, 11) is 0. The number of aromatic nitrogens is 3. The normalized spacial score (nSPS) is 11.1. The lowest BCUT2D eigenvalue weighted by atomic mass is 10.1. The molecule has 0 saturated heterocycles. The zero-order valence-corrected chi connectivity index (χ0v) is 17.8. The number of hydrogen-bond donors (Lipinski definition) is 0. The lowest BCUT2D eigenvalue weighted by Gasteiger charge is -2.10. The van der Waals surface area contributed by atoms with Crippen molar-refractivity contribution in [3.63, 3.8) is 0 Å². The fourth-order valence-electron chi connectivity index (χ4n) is 2.74. The maximum absolute atomic E-state index is 13.8. The van der Waals surface area contributed by atoms with Gasteiger partial charge in [0, 0.05) is 35.1 Å². The molecular weight excluding hydrogens is 435 g/mol. The van der Waals surface area contributed by atoms with E-state index in [1.54, 1.807) is 43.0 Å². The Morgan fingerprint density at radius 3 is 2.84 bits per heavy atom. The molecule has 4 aromatic rings. The molecular formula is C23H16ClFN4OS. The summed E-state index contributed by atoms with van der Waals surface area (Å²) in [5, 5.41) is 7.48. The van der Waals surface area contributed by atoms with Gasteiger partial charge < -0.3 is 9.40 Å². The molecule has 2 heterocycles. The zero-order chi connectivity index (χ0) is 21.5. The van der Waals surface area contributed by atoms with Crippen LogP contribution in [0.4, 0.5) is 4.39 Å². The second-order valence-corrected chi connectivity index (χ2v) is 7.78. The van der Waals surface area contributed by atoms with Crippen LogP contribution in [0.2, 0.25) is 5.02 Å². The van der Waals surface area contributed by atoms with E-state index in [0.717, 1.165) is 5.01 Å². The third kappa shape index (κ3) is 5.57. The predicted molar refractivity (Wildman–Crippen MR) is 119 cm³/mol. The van der Waals surface area contributed by atoms with Crippen LogP contribution < -0.4 is 0 Å². The second-order valence-electron chi connectivity index (χ2n) is 6.40. The van der Waals surface area contributed by atoms with Crippen molar-refractivity contribution in [2.75, 3.05) is 0 Å². The Labute approximate surface area is 187 Å². The van der Waals surface area contributed by atoms with E-state index in [2.05, 4.69) is 27.0 Å². The molecule has 0 bridgehead atoms. The first-order valence-corrected chi connectivity index (χ1v) is 10.5. The minimum absolute atomic E-state index is 0.273. The maximum Gasteiger partial charge on any atom is 0.168 e. The van der Waals surface area contributed by atoms with Crippen molar-refractivity contribution in [1.29, 1.82) is 0 Å². The molecule has 0 aliphatic carbocycles. The second kappa shape index (κ2) is 10.0. The van der Waals surface area contributed by atoms with Gasteiger partial charge in [0.2, 0.25) is 0 Å². The van der Waals surface area contributed by atoms with Crippen molar-refractivity contribution in [1.82, 2.24) is 14.5 Å². The van der Waals surface area contributed by atoms with Gasteiger partial charge in [-0.3, -0.25) is 0 Å².